The minimum absolute atomic E-state index is 0.585. The summed E-state index contributed by atoms with van der Waals surface area (Å²) in [6, 6.07) is 0. The fraction of sp³-hybridized carbons (Fsp3) is 1.00. The molecule has 1 radical (unpaired) electrons. The van der Waals surface area contributed by atoms with E-state index in [1.165, 1.54) is 0 Å². The van der Waals surface area contributed by atoms with E-state index in [1.807, 2.05) is 6.92 Å². The second kappa shape index (κ2) is 4.82. The lowest BCUT2D eigenvalue weighted by Gasteiger charge is -1.86. The van der Waals surface area contributed by atoms with Gasteiger partial charge in [-0.3, -0.25) is 0 Å². The van der Waals surface area contributed by atoms with Gasteiger partial charge in [0.25, 0.3) is 0 Å². The molecule has 0 spiro atoms. The predicted molar refractivity (Wildman–Crippen MR) is 22.7 cm³/mol. The zero-order chi connectivity index (χ0) is 4.83. The molecule has 2 nitrogen and oxygen atoms in total. The van der Waals surface area contributed by atoms with E-state index >= 15 is 0 Å². The van der Waals surface area contributed by atoms with Crippen molar-refractivity contribution in [3.63, 3.8) is 0 Å². The van der Waals surface area contributed by atoms with Crippen molar-refractivity contribution in [1.29, 1.82) is 0 Å². The molecule has 0 aromatic heterocycles. The van der Waals surface area contributed by atoms with Gasteiger partial charge < -0.3 is 8.89 Å². The summed E-state index contributed by atoms with van der Waals surface area (Å²) >= 11 is 0. The minimum atomic E-state index is -0.585. The topological polar surface area (TPSA) is 26.3 Å². The van der Waals surface area contributed by atoms with Gasteiger partial charge in [0, 0.05) is 0 Å². The number of rotatable bonds is 3. The zero-order valence-corrected chi connectivity index (χ0v) is 4.73. The van der Waals surface area contributed by atoms with Crippen LogP contribution in [0.5, 0.6) is 0 Å². The normalized spacial score (nSPS) is 7.50. The molecular weight excluding hydrogens is 96.1 g/mol. The second-order valence-corrected chi connectivity index (χ2v) is 1.39. The summed E-state index contributed by atoms with van der Waals surface area (Å²) in [6.45, 7) is 2.59. The Bertz CT molecular complexity index is 37.8. The van der Waals surface area contributed by atoms with Crippen LogP contribution in [0, 0.1) is 0 Å². The molecule has 0 heterocycles. The van der Waals surface area contributed by atoms with Crippen LogP contribution >= 0.6 is 0 Å². The standard InChI is InChI=1S/C3H7O2Si/c1-2-3-5-6-4/h2-3H2,1H3. The molecule has 0 atom stereocenters. The van der Waals surface area contributed by atoms with E-state index in [0.29, 0.717) is 6.61 Å². The lowest BCUT2D eigenvalue weighted by Crippen LogP contribution is -1.88. The van der Waals surface area contributed by atoms with Gasteiger partial charge in [0.1, 0.15) is 0 Å². The molecule has 35 valence electrons. The SMILES string of the molecule is CCCO[Si]=O. The predicted octanol–water partition coefficient (Wildman–Crippen LogP) is 0.378. The Hall–Kier alpha value is -0.183. The fourth-order valence-corrected chi connectivity index (χ4v) is 0.431. The molecule has 0 amide bonds. The summed E-state index contributed by atoms with van der Waals surface area (Å²) in [6.07, 6.45) is 0.940. The van der Waals surface area contributed by atoms with Crippen molar-refractivity contribution in [3.05, 3.63) is 0 Å². The summed E-state index contributed by atoms with van der Waals surface area (Å²) in [5.41, 5.74) is 0. The van der Waals surface area contributed by atoms with Crippen LogP contribution < -0.4 is 0 Å². The average Bonchev–Trinajstić information content (AvgIpc) is 1.61. The van der Waals surface area contributed by atoms with Gasteiger partial charge in [0.2, 0.25) is 0 Å². The highest BCUT2D eigenvalue weighted by atomic mass is 28.2. The fourth-order valence-electron chi connectivity index (χ4n) is 0.144. The smallest absolute Gasteiger partial charge is 0.520 e. The first-order valence-corrected chi connectivity index (χ1v) is 2.72. The van der Waals surface area contributed by atoms with Crippen molar-refractivity contribution >= 4 is 9.65 Å². The molecular formula is C3H7O2Si. The van der Waals surface area contributed by atoms with Crippen LogP contribution in [0.3, 0.4) is 0 Å². The van der Waals surface area contributed by atoms with Crippen LogP contribution in [-0.4, -0.2) is 16.3 Å². The van der Waals surface area contributed by atoms with E-state index in [0.717, 1.165) is 6.42 Å². The highest BCUT2D eigenvalue weighted by Crippen LogP contribution is 1.71. The Morgan fingerprint density at radius 1 is 1.83 bits per heavy atom. The molecule has 3 heteroatoms. The van der Waals surface area contributed by atoms with E-state index in [2.05, 4.69) is 4.43 Å². The highest BCUT2D eigenvalue weighted by molar-refractivity contribution is 6.06. The van der Waals surface area contributed by atoms with E-state index in [4.69, 9.17) is 0 Å². The van der Waals surface area contributed by atoms with E-state index in [9.17, 15) is 4.46 Å². The van der Waals surface area contributed by atoms with E-state index < -0.39 is 9.65 Å². The molecule has 6 heavy (non-hydrogen) atoms. The maximum atomic E-state index is 9.49. The lowest BCUT2D eigenvalue weighted by molar-refractivity contribution is 0.309. The third-order valence-electron chi connectivity index (χ3n) is 0.365. The first kappa shape index (κ1) is 5.82. The van der Waals surface area contributed by atoms with Crippen LogP contribution in [0.1, 0.15) is 13.3 Å². The Balaban J connectivity index is 2.49. The molecule has 0 aromatic carbocycles. The van der Waals surface area contributed by atoms with Crippen molar-refractivity contribution < 1.29 is 8.89 Å². The van der Waals surface area contributed by atoms with Crippen LogP contribution in [0.25, 0.3) is 0 Å². The van der Waals surface area contributed by atoms with Crippen molar-refractivity contribution in [3.8, 4) is 0 Å². The third-order valence-corrected chi connectivity index (χ3v) is 0.687. The molecule has 0 aliphatic carbocycles. The van der Waals surface area contributed by atoms with Crippen molar-refractivity contribution in [2.75, 3.05) is 6.61 Å². The molecule has 0 bridgehead atoms. The molecule has 0 N–H and O–H groups in total. The van der Waals surface area contributed by atoms with Gasteiger partial charge in [-0.2, -0.15) is 0 Å². The molecule has 0 aromatic rings. The summed E-state index contributed by atoms with van der Waals surface area (Å²) < 4.78 is 13.9. The molecule has 0 rings (SSSR count). The number of hydrogen-bond donors (Lipinski definition) is 0. The second-order valence-electron chi connectivity index (χ2n) is 0.932. The first-order chi connectivity index (χ1) is 2.91. The first-order valence-electron chi connectivity index (χ1n) is 1.90. The Morgan fingerprint density at radius 2 is 2.50 bits per heavy atom. The van der Waals surface area contributed by atoms with Crippen molar-refractivity contribution in [1.82, 2.24) is 0 Å². The van der Waals surface area contributed by atoms with E-state index in [-0.39, 0.29) is 0 Å². The van der Waals surface area contributed by atoms with E-state index in [1.54, 1.807) is 0 Å². The van der Waals surface area contributed by atoms with Gasteiger partial charge in [-0.25, -0.2) is 0 Å². The molecule has 0 aliphatic rings. The van der Waals surface area contributed by atoms with Gasteiger partial charge in [-0.1, -0.05) is 6.92 Å². The summed E-state index contributed by atoms with van der Waals surface area (Å²) in [5.74, 6) is 0. The maximum absolute atomic E-state index is 9.49. The van der Waals surface area contributed by atoms with Gasteiger partial charge in [0.15, 0.2) is 0 Å². The van der Waals surface area contributed by atoms with Crippen molar-refractivity contribution in [2.45, 2.75) is 13.3 Å². The summed E-state index contributed by atoms with van der Waals surface area (Å²) in [7, 11) is -0.585. The van der Waals surface area contributed by atoms with Crippen LogP contribution in [0.4, 0.5) is 0 Å². The largest absolute Gasteiger partial charge is 0.594 e. The molecule has 0 fully saturated rings. The zero-order valence-electron chi connectivity index (χ0n) is 3.73. The quantitative estimate of drug-likeness (QED) is 0.381. The monoisotopic (exact) mass is 103 g/mol. The molecule has 0 aliphatic heterocycles. The summed E-state index contributed by atoms with van der Waals surface area (Å²) in [5, 5.41) is 0. The third kappa shape index (κ3) is 3.82. The Labute approximate surface area is 39.5 Å². The summed E-state index contributed by atoms with van der Waals surface area (Å²) in [4.78, 5) is 0. The highest BCUT2D eigenvalue weighted by Gasteiger charge is 1.75. The molecule has 0 saturated carbocycles. The van der Waals surface area contributed by atoms with Gasteiger partial charge in [0.05, 0.1) is 6.61 Å². The Morgan fingerprint density at radius 3 is 2.67 bits per heavy atom. The van der Waals surface area contributed by atoms with Crippen LogP contribution in [-0.2, 0) is 8.89 Å². The van der Waals surface area contributed by atoms with Gasteiger partial charge in [-0.05, 0) is 6.42 Å². The van der Waals surface area contributed by atoms with Crippen molar-refractivity contribution in [2.24, 2.45) is 0 Å². The van der Waals surface area contributed by atoms with Crippen LogP contribution in [0.15, 0.2) is 0 Å². The lowest BCUT2D eigenvalue weighted by atomic mass is 10.5. The molecule has 0 saturated heterocycles. The van der Waals surface area contributed by atoms with Gasteiger partial charge in [-0.15, -0.1) is 0 Å². The van der Waals surface area contributed by atoms with Crippen LogP contribution in [0.2, 0.25) is 0 Å². The maximum Gasteiger partial charge on any atom is 0.594 e. The minimum Gasteiger partial charge on any atom is -0.520 e. The molecule has 0 unspecified atom stereocenters. The average molecular weight is 103 g/mol. The van der Waals surface area contributed by atoms with Gasteiger partial charge >= 0.3 is 9.65 Å². The Kier molecular flexibility index (Phi) is 4.67. The number of hydrogen-bond acceptors (Lipinski definition) is 2.